The highest BCUT2D eigenvalue weighted by Gasteiger charge is 2.21. The van der Waals surface area contributed by atoms with Gasteiger partial charge in [-0.15, -0.1) is 0 Å². The number of aromatic nitrogens is 1. The lowest BCUT2D eigenvalue weighted by atomic mass is 10.1. The number of hydrogen-bond acceptors (Lipinski definition) is 3. The summed E-state index contributed by atoms with van der Waals surface area (Å²) >= 11 is 9.02. The van der Waals surface area contributed by atoms with Gasteiger partial charge < -0.3 is 10.4 Å². The second-order valence-corrected chi connectivity index (χ2v) is 5.26. The van der Waals surface area contributed by atoms with E-state index in [1.54, 1.807) is 19.9 Å². The van der Waals surface area contributed by atoms with Crippen molar-refractivity contribution in [2.24, 2.45) is 0 Å². The fraction of sp³-hybridized carbons (Fsp3) is 0.400. The zero-order valence-corrected chi connectivity index (χ0v) is 11.3. The summed E-state index contributed by atoms with van der Waals surface area (Å²) in [6.45, 7) is 3.27. The summed E-state index contributed by atoms with van der Waals surface area (Å²) in [6.07, 6.45) is 1.51. The summed E-state index contributed by atoms with van der Waals surface area (Å²) in [5.74, 6) is -0.363. The van der Waals surface area contributed by atoms with Crippen molar-refractivity contribution in [1.82, 2.24) is 10.3 Å². The topological polar surface area (TPSA) is 62.2 Å². The predicted octanol–water partition coefficient (Wildman–Crippen LogP) is 2.00. The maximum Gasteiger partial charge on any atom is 0.254 e. The molecule has 1 amide bonds. The van der Waals surface area contributed by atoms with Gasteiger partial charge in [-0.3, -0.25) is 4.79 Å². The zero-order chi connectivity index (χ0) is 12.3. The molecule has 88 valence electrons. The van der Waals surface area contributed by atoms with Crippen molar-refractivity contribution in [3.8, 4) is 0 Å². The van der Waals surface area contributed by atoms with E-state index in [0.717, 1.165) is 0 Å². The molecule has 0 spiro atoms. The first kappa shape index (κ1) is 13.4. The van der Waals surface area contributed by atoms with Crippen LogP contribution in [0.1, 0.15) is 24.2 Å². The molecule has 1 aromatic heterocycles. The Bertz CT molecular complexity index is 410. The first-order valence-corrected chi connectivity index (χ1v) is 5.77. The first-order chi connectivity index (χ1) is 7.35. The van der Waals surface area contributed by atoms with Gasteiger partial charge in [-0.2, -0.15) is 0 Å². The van der Waals surface area contributed by atoms with E-state index in [1.165, 1.54) is 6.20 Å². The first-order valence-electron chi connectivity index (χ1n) is 4.60. The SMILES string of the molecule is CC(C)(CO)NC(=O)c1cc(Br)cnc1Cl. The maximum atomic E-state index is 11.8. The molecule has 0 saturated carbocycles. The van der Waals surface area contributed by atoms with Crippen LogP contribution >= 0.6 is 27.5 Å². The molecule has 0 radical (unpaired) electrons. The molecule has 0 unspecified atom stereocenters. The van der Waals surface area contributed by atoms with Crippen LogP contribution in [0.2, 0.25) is 5.15 Å². The highest BCUT2D eigenvalue weighted by molar-refractivity contribution is 9.10. The summed E-state index contributed by atoms with van der Waals surface area (Å²) in [5.41, 5.74) is -0.416. The van der Waals surface area contributed by atoms with Crippen LogP contribution in [0.5, 0.6) is 0 Å². The standard InChI is InChI=1S/C10H12BrClN2O2/c1-10(2,5-15)14-9(16)7-3-6(11)4-13-8(7)12/h3-4,15H,5H2,1-2H3,(H,14,16). The van der Waals surface area contributed by atoms with Crippen molar-refractivity contribution in [3.05, 3.63) is 27.5 Å². The minimum atomic E-state index is -0.692. The fourth-order valence-corrected chi connectivity index (χ4v) is 1.52. The van der Waals surface area contributed by atoms with Gasteiger partial charge in [0.15, 0.2) is 0 Å². The van der Waals surface area contributed by atoms with Gasteiger partial charge in [-0.1, -0.05) is 11.6 Å². The van der Waals surface area contributed by atoms with E-state index >= 15 is 0 Å². The van der Waals surface area contributed by atoms with Gasteiger partial charge in [0.25, 0.3) is 5.91 Å². The molecule has 0 aromatic carbocycles. The summed E-state index contributed by atoms with van der Waals surface area (Å²) in [6, 6.07) is 1.58. The molecule has 1 aromatic rings. The summed E-state index contributed by atoms with van der Waals surface area (Å²) in [7, 11) is 0. The van der Waals surface area contributed by atoms with Gasteiger partial charge in [-0.25, -0.2) is 4.98 Å². The van der Waals surface area contributed by atoms with Crippen molar-refractivity contribution in [3.63, 3.8) is 0 Å². The number of carbonyl (C=O) groups is 1. The molecule has 0 bridgehead atoms. The molecule has 0 atom stereocenters. The van der Waals surface area contributed by atoms with Crippen LogP contribution in [0.15, 0.2) is 16.7 Å². The van der Waals surface area contributed by atoms with Crippen LogP contribution in [0, 0.1) is 0 Å². The lowest BCUT2D eigenvalue weighted by Crippen LogP contribution is -2.46. The number of aliphatic hydroxyl groups is 1. The van der Waals surface area contributed by atoms with Crippen LogP contribution in [0.3, 0.4) is 0 Å². The molecule has 0 aliphatic rings. The largest absolute Gasteiger partial charge is 0.394 e. The van der Waals surface area contributed by atoms with Gasteiger partial charge in [-0.05, 0) is 35.8 Å². The Morgan fingerprint density at radius 2 is 2.31 bits per heavy atom. The van der Waals surface area contributed by atoms with Crippen LogP contribution in [-0.2, 0) is 0 Å². The normalized spacial score (nSPS) is 11.3. The molecule has 1 heterocycles. The Labute approximate surface area is 107 Å². The molecule has 0 saturated heterocycles. The van der Waals surface area contributed by atoms with Crippen LogP contribution < -0.4 is 5.32 Å². The monoisotopic (exact) mass is 306 g/mol. The third-order valence-electron chi connectivity index (χ3n) is 1.90. The Hall–Kier alpha value is -0.650. The molecule has 1 rings (SSSR count). The smallest absolute Gasteiger partial charge is 0.254 e. The van der Waals surface area contributed by atoms with Gasteiger partial charge in [0.1, 0.15) is 5.15 Å². The third-order valence-corrected chi connectivity index (χ3v) is 2.63. The van der Waals surface area contributed by atoms with Crippen molar-refractivity contribution in [2.45, 2.75) is 19.4 Å². The van der Waals surface area contributed by atoms with Crippen molar-refractivity contribution < 1.29 is 9.90 Å². The van der Waals surface area contributed by atoms with E-state index in [9.17, 15) is 4.79 Å². The van der Waals surface area contributed by atoms with E-state index in [0.29, 0.717) is 4.47 Å². The molecule has 4 nitrogen and oxygen atoms in total. The molecule has 16 heavy (non-hydrogen) atoms. The van der Waals surface area contributed by atoms with Gasteiger partial charge in [0.05, 0.1) is 17.7 Å². The molecular formula is C10H12BrClN2O2. The highest BCUT2D eigenvalue weighted by atomic mass is 79.9. The second kappa shape index (κ2) is 5.12. The number of aliphatic hydroxyl groups excluding tert-OH is 1. The van der Waals surface area contributed by atoms with E-state index in [-0.39, 0.29) is 23.2 Å². The number of pyridine rings is 1. The molecular weight excluding hydrogens is 295 g/mol. The molecule has 6 heteroatoms. The zero-order valence-electron chi connectivity index (χ0n) is 8.92. The number of rotatable bonds is 3. The van der Waals surface area contributed by atoms with Gasteiger partial charge in [0.2, 0.25) is 0 Å². The van der Waals surface area contributed by atoms with Crippen LogP contribution in [-0.4, -0.2) is 28.1 Å². The number of halogens is 2. The van der Waals surface area contributed by atoms with E-state index in [2.05, 4.69) is 26.2 Å². The Kier molecular flexibility index (Phi) is 4.29. The number of carbonyl (C=O) groups excluding carboxylic acids is 1. The summed E-state index contributed by atoms with van der Waals surface area (Å²) in [4.78, 5) is 15.7. The van der Waals surface area contributed by atoms with E-state index < -0.39 is 5.54 Å². The van der Waals surface area contributed by atoms with Gasteiger partial charge in [0, 0.05) is 10.7 Å². The average molecular weight is 308 g/mol. The molecule has 2 N–H and O–H groups in total. The molecule has 0 aliphatic carbocycles. The Balaban J connectivity index is 2.93. The number of hydrogen-bond donors (Lipinski definition) is 2. The Morgan fingerprint density at radius 3 is 2.88 bits per heavy atom. The van der Waals surface area contributed by atoms with Crippen molar-refractivity contribution >= 4 is 33.4 Å². The summed E-state index contributed by atoms with van der Waals surface area (Å²) in [5, 5.41) is 11.8. The quantitative estimate of drug-likeness (QED) is 0.840. The van der Waals surface area contributed by atoms with Crippen LogP contribution in [0.25, 0.3) is 0 Å². The minimum absolute atomic E-state index is 0.134. The average Bonchev–Trinajstić information content (AvgIpc) is 2.21. The number of nitrogens with zero attached hydrogens (tertiary/aromatic N) is 1. The molecule has 0 aliphatic heterocycles. The Morgan fingerprint density at radius 1 is 1.69 bits per heavy atom. The number of nitrogens with one attached hydrogen (secondary N) is 1. The van der Waals surface area contributed by atoms with Gasteiger partial charge >= 0.3 is 0 Å². The third kappa shape index (κ3) is 3.43. The maximum absolute atomic E-state index is 11.8. The second-order valence-electron chi connectivity index (χ2n) is 3.99. The van der Waals surface area contributed by atoms with Crippen LogP contribution in [0.4, 0.5) is 0 Å². The molecule has 0 fully saturated rings. The van der Waals surface area contributed by atoms with E-state index in [4.69, 9.17) is 16.7 Å². The summed E-state index contributed by atoms with van der Waals surface area (Å²) < 4.78 is 0.670. The fourth-order valence-electron chi connectivity index (χ4n) is 0.996. The van der Waals surface area contributed by atoms with Crippen molar-refractivity contribution in [1.29, 1.82) is 0 Å². The predicted molar refractivity (Wildman–Crippen MR) is 65.6 cm³/mol. The lowest BCUT2D eigenvalue weighted by Gasteiger charge is -2.23. The number of amides is 1. The van der Waals surface area contributed by atoms with E-state index in [1.807, 2.05) is 0 Å². The minimum Gasteiger partial charge on any atom is -0.394 e. The lowest BCUT2D eigenvalue weighted by molar-refractivity contribution is 0.0869. The highest BCUT2D eigenvalue weighted by Crippen LogP contribution is 2.18. The van der Waals surface area contributed by atoms with Crippen molar-refractivity contribution in [2.75, 3.05) is 6.61 Å².